The second-order valence-electron chi connectivity index (χ2n) is 8.40. The molecular formula is C29H25ClN4O3. The lowest BCUT2D eigenvalue weighted by Gasteiger charge is -2.13. The fourth-order valence-electron chi connectivity index (χ4n) is 3.66. The molecule has 0 spiro atoms. The average molecular weight is 513 g/mol. The average Bonchev–Trinajstić information content (AvgIpc) is 2.90. The quantitative estimate of drug-likeness (QED) is 0.180. The Bertz CT molecular complexity index is 1510. The molecule has 186 valence electrons. The van der Waals surface area contributed by atoms with E-state index in [0.29, 0.717) is 11.1 Å². The topological polar surface area (TPSA) is 94.0 Å². The Morgan fingerprint density at radius 2 is 1.62 bits per heavy atom. The van der Waals surface area contributed by atoms with Gasteiger partial charge in [0.05, 0.1) is 16.8 Å². The van der Waals surface area contributed by atoms with Crippen LogP contribution >= 0.6 is 11.6 Å². The number of phenols is 1. The van der Waals surface area contributed by atoms with Gasteiger partial charge in [0.1, 0.15) is 11.4 Å². The summed E-state index contributed by atoms with van der Waals surface area (Å²) in [4.78, 5) is 28.0. The molecule has 7 nitrogen and oxygen atoms in total. The van der Waals surface area contributed by atoms with E-state index in [2.05, 4.69) is 15.8 Å². The molecule has 37 heavy (non-hydrogen) atoms. The molecule has 0 heterocycles. The van der Waals surface area contributed by atoms with Gasteiger partial charge in [-0.15, -0.1) is 0 Å². The van der Waals surface area contributed by atoms with Gasteiger partial charge in [-0.05, 0) is 52.7 Å². The normalized spacial score (nSPS) is 11.5. The number of carbonyl (C=O) groups excluding carboxylic acids is 2. The lowest BCUT2D eigenvalue weighted by atomic mass is 10.0. The van der Waals surface area contributed by atoms with Crippen molar-refractivity contribution in [1.82, 2.24) is 10.7 Å². The summed E-state index contributed by atoms with van der Waals surface area (Å²) in [6.07, 6.45) is 2.92. The number of aromatic hydroxyl groups is 1. The van der Waals surface area contributed by atoms with Crippen LogP contribution < -0.4 is 15.6 Å². The van der Waals surface area contributed by atoms with Crippen molar-refractivity contribution in [1.29, 1.82) is 0 Å². The molecule has 3 N–H and O–H groups in total. The van der Waals surface area contributed by atoms with Gasteiger partial charge in [0.15, 0.2) is 0 Å². The molecule has 2 amide bonds. The molecule has 4 rings (SSSR count). The standard InChI is InChI=1S/C29H25ClN4O3/c1-34(2)21-14-11-19(12-15-21)17-26(32-28(36)23-9-5-6-10-25(23)30)29(37)33-31-18-24-22-8-4-3-7-20(22)13-16-27(24)35/h3-18,35H,1-2H3,(H,32,36)(H,33,37)/b26-17-,31-18?. The Hall–Kier alpha value is -4.62. The number of phenolic OH excluding ortho intramolecular Hbond substituents is 1. The number of fused-ring (bicyclic) bond motifs is 1. The van der Waals surface area contributed by atoms with Crippen LogP contribution in [0.2, 0.25) is 5.02 Å². The number of nitrogens with zero attached hydrogens (tertiary/aromatic N) is 2. The van der Waals surface area contributed by atoms with Crippen LogP contribution in [0.4, 0.5) is 5.69 Å². The van der Waals surface area contributed by atoms with E-state index >= 15 is 0 Å². The van der Waals surface area contributed by atoms with Crippen molar-refractivity contribution in [2.45, 2.75) is 0 Å². The highest BCUT2D eigenvalue weighted by atomic mass is 35.5. The maximum absolute atomic E-state index is 13.1. The molecule has 0 radical (unpaired) electrons. The lowest BCUT2D eigenvalue weighted by molar-refractivity contribution is -0.117. The summed E-state index contributed by atoms with van der Waals surface area (Å²) < 4.78 is 0. The SMILES string of the molecule is CN(C)c1ccc(/C=C(\NC(=O)c2ccccc2Cl)C(=O)NN=Cc2c(O)ccc3ccccc23)cc1. The van der Waals surface area contributed by atoms with E-state index in [-0.39, 0.29) is 22.0 Å². The van der Waals surface area contributed by atoms with E-state index in [1.807, 2.05) is 67.5 Å². The summed E-state index contributed by atoms with van der Waals surface area (Å²) in [6, 6.07) is 24.9. The molecule has 0 aliphatic heterocycles. The number of hydrazone groups is 1. The van der Waals surface area contributed by atoms with Gasteiger partial charge >= 0.3 is 0 Å². The minimum atomic E-state index is -0.645. The zero-order valence-electron chi connectivity index (χ0n) is 20.3. The van der Waals surface area contributed by atoms with E-state index in [4.69, 9.17) is 11.6 Å². The number of hydrogen-bond acceptors (Lipinski definition) is 5. The lowest BCUT2D eigenvalue weighted by Crippen LogP contribution is -2.33. The Morgan fingerprint density at radius 3 is 2.35 bits per heavy atom. The second-order valence-corrected chi connectivity index (χ2v) is 8.80. The number of amides is 2. The van der Waals surface area contributed by atoms with Gasteiger partial charge in [-0.1, -0.05) is 66.2 Å². The highest BCUT2D eigenvalue weighted by Crippen LogP contribution is 2.25. The monoisotopic (exact) mass is 512 g/mol. The summed E-state index contributed by atoms with van der Waals surface area (Å²) in [5, 5.41) is 19.0. The third kappa shape index (κ3) is 6.15. The summed E-state index contributed by atoms with van der Waals surface area (Å²) in [5.41, 5.74) is 4.79. The molecule has 0 bridgehead atoms. The fraction of sp³-hybridized carbons (Fsp3) is 0.0690. The molecular weight excluding hydrogens is 488 g/mol. The minimum absolute atomic E-state index is 0.0261. The molecule has 0 aliphatic carbocycles. The highest BCUT2D eigenvalue weighted by molar-refractivity contribution is 6.34. The first kappa shape index (κ1) is 25.5. The first-order chi connectivity index (χ1) is 17.8. The van der Waals surface area contributed by atoms with Crippen molar-refractivity contribution in [3.05, 3.63) is 112 Å². The summed E-state index contributed by atoms with van der Waals surface area (Å²) in [5.74, 6) is -1.15. The number of benzene rings is 4. The number of carbonyl (C=O) groups is 2. The van der Waals surface area contributed by atoms with Crippen molar-refractivity contribution < 1.29 is 14.7 Å². The van der Waals surface area contributed by atoms with Crippen molar-refractivity contribution in [3.8, 4) is 5.75 Å². The van der Waals surface area contributed by atoms with Crippen LogP contribution in [0.3, 0.4) is 0 Å². The summed E-state index contributed by atoms with van der Waals surface area (Å²) in [6.45, 7) is 0. The summed E-state index contributed by atoms with van der Waals surface area (Å²) >= 11 is 6.17. The smallest absolute Gasteiger partial charge is 0.287 e. The Balaban J connectivity index is 1.61. The van der Waals surface area contributed by atoms with Crippen molar-refractivity contribution in [3.63, 3.8) is 0 Å². The van der Waals surface area contributed by atoms with Crippen LogP contribution in [-0.2, 0) is 4.79 Å². The van der Waals surface area contributed by atoms with E-state index in [1.165, 1.54) is 6.21 Å². The van der Waals surface area contributed by atoms with Crippen LogP contribution in [0.1, 0.15) is 21.5 Å². The third-order valence-corrected chi connectivity index (χ3v) is 5.97. The zero-order chi connectivity index (χ0) is 26.4. The predicted octanol–water partition coefficient (Wildman–Crippen LogP) is 5.19. The van der Waals surface area contributed by atoms with Gasteiger partial charge in [-0.2, -0.15) is 5.10 Å². The largest absolute Gasteiger partial charge is 0.507 e. The molecule has 8 heteroatoms. The molecule has 0 aromatic heterocycles. The van der Waals surface area contributed by atoms with Crippen molar-refractivity contribution in [2.75, 3.05) is 19.0 Å². The number of hydrogen-bond donors (Lipinski definition) is 3. The van der Waals surface area contributed by atoms with Gasteiger partial charge in [0.2, 0.25) is 0 Å². The highest BCUT2D eigenvalue weighted by Gasteiger charge is 2.16. The molecule has 0 atom stereocenters. The van der Waals surface area contributed by atoms with Crippen LogP contribution in [-0.4, -0.2) is 37.2 Å². The van der Waals surface area contributed by atoms with Crippen LogP contribution in [0.25, 0.3) is 16.8 Å². The van der Waals surface area contributed by atoms with Crippen molar-refractivity contribution in [2.24, 2.45) is 5.10 Å². The second kappa shape index (κ2) is 11.4. The van der Waals surface area contributed by atoms with Gasteiger partial charge in [-0.3, -0.25) is 9.59 Å². The molecule has 0 fully saturated rings. The molecule has 0 aliphatic rings. The van der Waals surface area contributed by atoms with Gasteiger partial charge < -0.3 is 15.3 Å². The molecule has 0 saturated carbocycles. The van der Waals surface area contributed by atoms with Crippen LogP contribution in [0, 0.1) is 0 Å². The van der Waals surface area contributed by atoms with Gasteiger partial charge in [0, 0.05) is 25.3 Å². The van der Waals surface area contributed by atoms with Crippen LogP contribution in [0.5, 0.6) is 5.75 Å². The van der Waals surface area contributed by atoms with E-state index < -0.39 is 11.8 Å². The molecule has 0 unspecified atom stereocenters. The van der Waals surface area contributed by atoms with E-state index in [0.717, 1.165) is 16.5 Å². The number of halogens is 1. The molecule has 4 aromatic rings. The van der Waals surface area contributed by atoms with Crippen LogP contribution in [0.15, 0.2) is 95.7 Å². The predicted molar refractivity (Wildman–Crippen MR) is 149 cm³/mol. The van der Waals surface area contributed by atoms with E-state index in [9.17, 15) is 14.7 Å². The first-order valence-corrected chi connectivity index (χ1v) is 11.8. The number of rotatable bonds is 7. The third-order valence-electron chi connectivity index (χ3n) is 5.64. The molecule has 4 aromatic carbocycles. The Labute approximate surface area is 219 Å². The van der Waals surface area contributed by atoms with Gasteiger partial charge in [0.25, 0.3) is 11.8 Å². The number of nitrogens with one attached hydrogen (secondary N) is 2. The van der Waals surface area contributed by atoms with E-state index in [1.54, 1.807) is 42.5 Å². The zero-order valence-corrected chi connectivity index (χ0v) is 21.0. The van der Waals surface area contributed by atoms with Crippen molar-refractivity contribution >= 4 is 52.2 Å². The summed E-state index contributed by atoms with van der Waals surface area (Å²) in [7, 11) is 3.86. The Kier molecular flexibility index (Phi) is 7.86. The number of anilines is 1. The Morgan fingerprint density at radius 1 is 0.919 bits per heavy atom. The maximum Gasteiger partial charge on any atom is 0.287 e. The van der Waals surface area contributed by atoms with Gasteiger partial charge in [-0.25, -0.2) is 5.43 Å². The fourth-order valence-corrected chi connectivity index (χ4v) is 3.89. The molecule has 0 saturated heterocycles. The first-order valence-electron chi connectivity index (χ1n) is 11.4. The minimum Gasteiger partial charge on any atom is -0.507 e. The maximum atomic E-state index is 13.1.